The molecule has 0 atom stereocenters. The molecule has 0 spiro atoms. The van der Waals surface area contributed by atoms with Crippen molar-refractivity contribution in [3.8, 4) is 0 Å². The summed E-state index contributed by atoms with van der Waals surface area (Å²) in [7, 11) is 1.86. The third kappa shape index (κ3) is 5.85. The number of nitrogens with one attached hydrogen (secondary N) is 3. The van der Waals surface area contributed by atoms with E-state index in [1.165, 1.54) is 0 Å². The number of hydrogen-bond donors (Lipinski definition) is 3. The molecule has 122 valence electrons. The molecule has 1 aromatic carbocycles. The number of benzene rings is 1. The van der Waals surface area contributed by atoms with Crippen molar-refractivity contribution in [1.82, 2.24) is 5.32 Å². The van der Waals surface area contributed by atoms with Gasteiger partial charge in [-0.3, -0.25) is 9.59 Å². The van der Waals surface area contributed by atoms with E-state index in [1.807, 2.05) is 46.9 Å². The van der Waals surface area contributed by atoms with Gasteiger partial charge in [-0.2, -0.15) is 0 Å². The fourth-order valence-electron chi connectivity index (χ4n) is 1.79. The molecule has 0 aliphatic heterocycles. The minimum Gasteiger partial charge on any atom is -0.326 e. The quantitative estimate of drug-likeness (QED) is 0.708. The topological polar surface area (TPSA) is 70.2 Å². The Bertz CT molecular complexity index is 533. The Morgan fingerprint density at radius 3 is 2.41 bits per heavy atom. The lowest BCUT2D eigenvalue weighted by Crippen LogP contribution is -2.27. The third-order valence-electron chi connectivity index (χ3n) is 3.28. The van der Waals surface area contributed by atoms with Crippen LogP contribution in [0.3, 0.4) is 0 Å². The third-order valence-corrected chi connectivity index (χ3v) is 3.28. The predicted molar refractivity (Wildman–Crippen MR) is 91.1 cm³/mol. The molecule has 0 fully saturated rings. The number of anilines is 2. The normalized spacial score (nSPS) is 11.1. The van der Waals surface area contributed by atoms with E-state index in [-0.39, 0.29) is 11.8 Å². The van der Waals surface area contributed by atoms with Crippen molar-refractivity contribution in [3.05, 3.63) is 23.8 Å². The Kier molecular flexibility index (Phi) is 6.56. The summed E-state index contributed by atoms with van der Waals surface area (Å²) in [5.74, 6) is -0.0692. The molecule has 1 rings (SSSR count). The van der Waals surface area contributed by atoms with Crippen molar-refractivity contribution in [3.63, 3.8) is 0 Å². The predicted octanol–water partition coefficient (Wildman–Crippen LogP) is 2.92. The van der Waals surface area contributed by atoms with Gasteiger partial charge in [-0.25, -0.2) is 0 Å². The number of amides is 2. The van der Waals surface area contributed by atoms with Crippen LogP contribution in [0.4, 0.5) is 11.4 Å². The van der Waals surface area contributed by atoms with Crippen molar-refractivity contribution in [1.29, 1.82) is 0 Å². The lowest BCUT2D eigenvalue weighted by molar-refractivity contribution is -0.123. The van der Waals surface area contributed by atoms with Crippen LogP contribution in [0.25, 0.3) is 0 Å². The second kappa shape index (κ2) is 7.94. The molecule has 0 bridgehead atoms. The zero-order valence-corrected chi connectivity index (χ0v) is 14.2. The van der Waals surface area contributed by atoms with Gasteiger partial charge < -0.3 is 16.0 Å². The molecule has 3 N–H and O–H groups in total. The number of carbonyl (C=O) groups excluding carboxylic acids is 2. The second-order valence-electron chi connectivity index (χ2n) is 6.49. The Morgan fingerprint density at radius 1 is 1.14 bits per heavy atom. The summed E-state index contributed by atoms with van der Waals surface area (Å²) in [6.07, 6.45) is 1.26. The fourth-order valence-corrected chi connectivity index (χ4v) is 1.79. The number of aryl methyl sites for hydroxylation is 1. The van der Waals surface area contributed by atoms with Crippen LogP contribution >= 0.6 is 0 Å². The molecular weight excluding hydrogens is 278 g/mol. The van der Waals surface area contributed by atoms with Gasteiger partial charge >= 0.3 is 0 Å². The van der Waals surface area contributed by atoms with E-state index in [0.717, 1.165) is 24.2 Å². The first-order valence-corrected chi connectivity index (χ1v) is 7.60. The van der Waals surface area contributed by atoms with Crippen LogP contribution in [0.2, 0.25) is 0 Å². The van der Waals surface area contributed by atoms with Crippen LogP contribution in [-0.2, 0) is 9.59 Å². The number of rotatable bonds is 6. The van der Waals surface area contributed by atoms with Crippen LogP contribution in [0, 0.1) is 12.3 Å². The first-order valence-electron chi connectivity index (χ1n) is 7.60. The largest absolute Gasteiger partial charge is 0.326 e. The summed E-state index contributed by atoms with van der Waals surface area (Å²) in [5.41, 5.74) is 1.94. The van der Waals surface area contributed by atoms with Crippen LogP contribution in [-0.4, -0.2) is 25.4 Å². The molecular formula is C17H27N3O2. The lowest BCUT2D eigenvalue weighted by Gasteiger charge is -2.18. The smallest absolute Gasteiger partial charge is 0.229 e. The molecule has 0 saturated carbocycles. The zero-order valence-electron chi connectivity index (χ0n) is 14.2. The van der Waals surface area contributed by atoms with Crippen molar-refractivity contribution in [2.75, 3.05) is 24.2 Å². The van der Waals surface area contributed by atoms with Crippen LogP contribution in [0.15, 0.2) is 18.2 Å². The average Bonchev–Trinajstić information content (AvgIpc) is 2.41. The highest BCUT2D eigenvalue weighted by atomic mass is 16.2. The van der Waals surface area contributed by atoms with Gasteiger partial charge in [-0.1, -0.05) is 26.8 Å². The summed E-state index contributed by atoms with van der Waals surface area (Å²) in [5, 5.41) is 8.79. The van der Waals surface area contributed by atoms with E-state index in [9.17, 15) is 9.59 Å². The standard InChI is InChI=1S/C17H27N3O2/c1-12-8-9-13(19-16(22)17(2,3)4)11-14(12)20-15(21)7-6-10-18-5/h8-9,11,18H,6-7,10H2,1-5H3,(H,19,22)(H,20,21). The van der Waals surface area contributed by atoms with Gasteiger partial charge in [0.2, 0.25) is 11.8 Å². The molecule has 22 heavy (non-hydrogen) atoms. The molecule has 0 heterocycles. The highest BCUT2D eigenvalue weighted by Crippen LogP contribution is 2.23. The molecule has 0 radical (unpaired) electrons. The van der Waals surface area contributed by atoms with Gasteiger partial charge in [0.15, 0.2) is 0 Å². The molecule has 5 heteroatoms. The molecule has 0 unspecified atom stereocenters. The number of hydrogen-bond acceptors (Lipinski definition) is 3. The fraction of sp³-hybridized carbons (Fsp3) is 0.529. The Hall–Kier alpha value is -1.88. The second-order valence-corrected chi connectivity index (χ2v) is 6.49. The highest BCUT2D eigenvalue weighted by Gasteiger charge is 2.21. The Balaban J connectivity index is 2.74. The van der Waals surface area contributed by atoms with Crippen molar-refractivity contribution in [2.24, 2.45) is 5.41 Å². The molecule has 0 saturated heterocycles. The SMILES string of the molecule is CNCCCC(=O)Nc1cc(NC(=O)C(C)(C)C)ccc1C. The molecule has 0 aliphatic rings. The van der Waals surface area contributed by atoms with Gasteiger partial charge in [0.05, 0.1) is 0 Å². The van der Waals surface area contributed by atoms with E-state index in [0.29, 0.717) is 12.1 Å². The van der Waals surface area contributed by atoms with E-state index < -0.39 is 5.41 Å². The van der Waals surface area contributed by atoms with Crippen molar-refractivity contribution >= 4 is 23.2 Å². The molecule has 0 aromatic heterocycles. The summed E-state index contributed by atoms with van der Waals surface area (Å²) >= 11 is 0. The van der Waals surface area contributed by atoms with Gasteiger partial charge in [-0.05, 0) is 44.6 Å². The van der Waals surface area contributed by atoms with Crippen LogP contribution in [0.5, 0.6) is 0 Å². The van der Waals surface area contributed by atoms with Gasteiger partial charge in [0.1, 0.15) is 0 Å². The minimum absolute atomic E-state index is 0.0161. The first-order chi connectivity index (χ1) is 10.2. The minimum atomic E-state index is -0.457. The van der Waals surface area contributed by atoms with Crippen LogP contribution in [0.1, 0.15) is 39.2 Å². The Labute approximate surface area is 132 Å². The van der Waals surface area contributed by atoms with Crippen molar-refractivity contribution < 1.29 is 9.59 Å². The monoisotopic (exact) mass is 305 g/mol. The molecule has 5 nitrogen and oxygen atoms in total. The Morgan fingerprint density at radius 2 is 1.82 bits per heavy atom. The van der Waals surface area contributed by atoms with Crippen LogP contribution < -0.4 is 16.0 Å². The molecule has 1 aromatic rings. The maximum atomic E-state index is 12.0. The summed E-state index contributed by atoms with van der Waals surface area (Å²) < 4.78 is 0. The highest BCUT2D eigenvalue weighted by molar-refractivity contribution is 5.96. The average molecular weight is 305 g/mol. The summed E-state index contributed by atoms with van der Waals surface area (Å²) in [6.45, 7) is 8.33. The molecule has 2 amide bonds. The first kappa shape index (κ1) is 18.2. The van der Waals surface area contributed by atoms with E-state index in [1.54, 1.807) is 6.07 Å². The van der Waals surface area contributed by atoms with Gasteiger partial charge in [0.25, 0.3) is 0 Å². The van der Waals surface area contributed by atoms with E-state index in [2.05, 4.69) is 16.0 Å². The maximum absolute atomic E-state index is 12.0. The maximum Gasteiger partial charge on any atom is 0.229 e. The lowest BCUT2D eigenvalue weighted by atomic mass is 9.95. The van der Waals surface area contributed by atoms with E-state index in [4.69, 9.17) is 0 Å². The summed E-state index contributed by atoms with van der Waals surface area (Å²) in [6, 6.07) is 5.53. The van der Waals surface area contributed by atoms with Gasteiger partial charge in [0, 0.05) is 23.2 Å². The van der Waals surface area contributed by atoms with E-state index >= 15 is 0 Å². The van der Waals surface area contributed by atoms with Crippen molar-refractivity contribution in [2.45, 2.75) is 40.5 Å². The van der Waals surface area contributed by atoms with Gasteiger partial charge in [-0.15, -0.1) is 0 Å². The number of carbonyl (C=O) groups is 2. The molecule has 0 aliphatic carbocycles. The zero-order chi connectivity index (χ0) is 16.8. The summed E-state index contributed by atoms with van der Waals surface area (Å²) in [4.78, 5) is 23.9.